The highest BCUT2D eigenvalue weighted by atomic mass is 32.2. The maximum Gasteiger partial charge on any atom is 0.335 e. The molecule has 0 saturated heterocycles. The fraction of sp³-hybridized carbons (Fsp3) is 0.417. The van der Waals surface area contributed by atoms with Gasteiger partial charge in [0.1, 0.15) is 0 Å². The second-order valence-corrected chi connectivity index (χ2v) is 5.07. The second-order valence-electron chi connectivity index (χ2n) is 3.94. The molecule has 0 radical (unpaired) electrons. The lowest BCUT2D eigenvalue weighted by atomic mass is 10.1. The molecule has 0 fully saturated rings. The van der Waals surface area contributed by atoms with E-state index >= 15 is 0 Å². The zero-order valence-corrected chi connectivity index (χ0v) is 10.7. The Bertz CT molecular complexity index is 377. The first-order chi connectivity index (χ1) is 7.50. The minimum atomic E-state index is -0.868. The fourth-order valence-corrected chi connectivity index (χ4v) is 2.41. The molecule has 1 N–H and O–H groups in total. The van der Waals surface area contributed by atoms with Crippen LogP contribution in [-0.4, -0.2) is 42.4 Å². The number of nitrogens with zero attached hydrogens (tertiary/aromatic N) is 1. The Kier molecular flexibility index (Phi) is 4.83. The van der Waals surface area contributed by atoms with Crippen LogP contribution < -0.4 is 0 Å². The topological polar surface area (TPSA) is 40.5 Å². The van der Waals surface area contributed by atoms with E-state index in [-0.39, 0.29) is 0 Å². The van der Waals surface area contributed by atoms with Crippen molar-refractivity contribution in [3.8, 4) is 0 Å². The molecule has 1 aromatic carbocycles. The van der Waals surface area contributed by atoms with Gasteiger partial charge >= 0.3 is 5.97 Å². The second kappa shape index (κ2) is 5.92. The van der Waals surface area contributed by atoms with Crippen LogP contribution >= 0.6 is 11.8 Å². The van der Waals surface area contributed by atoms with Crippen LogP contribution in [0.2, 0.25) is 0 Å². The van der Waals surface area contributed by atoms with Gasteiger partial charge < -0.3 is 10.0 Å². The molecule has 0 saturated carbocycles. The Balaban J connectivity index is 2.64. The SMILES string of the molecule is Cc1cc(C(=O)O)ccc1SCCN(C)C. The molecule has 1 aromatic rings. The van der Waals surface area contributed by atoms with Crippen LogP contribution in [0.3, 0.4) is 0 Å². The Morgan fingerprint density at radius 2 is 2.12 bits per heavy atom. The first-order valence-corrected chi connectivity index (χ1v) is 6.10. The van der Waals surface area contributed by atoms with Gasteiger partial charge in [-0.2, -0.15) is 0 Å². The van der Waals surface area contributed by atoms with E-state index in [0.717, 1.165) is 22.8 Å². The summed E-state index contributed by atoms with van der Waals surface area (Å²) in [6, 6.07) is 5.27. The number of benzene rings is 1. The van der Waals surface area contributed by atoms with Gasteiger partial charge in [-0.3, -0.25) is 0 Å². The summed E-state index contributed by atoms with van der Waals surface area (Å²) in [7, 11) is 4.09. The number of aryl methyl sites for hydroxylation is 1. The quantitative estimate of drug-likeness (QED) is 0.801. The number of hydrogen-bond acceptors (Lipinski definition) is 3. The highest BCUT2D eigenvalue weighted by molar-refractivity contribution is 7.99. The molecule has 0 aliphatic carbocycles. The monoisotopic (exact) mass is 239 g/mol. The van der Waals surface area contributed by atoms with Crippen molar-refractivity contribution < 1.29 is 9.90 Å². The van der Waals surface area contributed by atoms with E-state index in [1.54, 1.807) is 23.9 Å². The van der Waals surface area contributed by atoms with E-state index in [2.05, 4.69) is 4.90 Å². The van der Waals surface area contributed by atoms with E-state index in [9.17, 15) is 4.79 Å². The highest BCUT2D eigenvalue weighted by Crippen LogP contribution is 2.23. The molecule has 3 nitrogen and oxygen atoms in total. The minimum absolute atomic E-state index is 0.356. The number of carboxylic acids is 1. The van der Waals surface area contributed by atoms with Crippen molar-refractivity contribution in [3.05, 3.63) is 29.3 Å². The van der Waals surface area contributed by atoms with Gasteiger partial charge in [-0.05, 0) is 44.8 Å². The van der Waals surface area contributed by atoms with Gasteiger partial charge in [0, 0.05) is 17.2 Å². The molecule has 0 heterocycles. The van der Waals surface area contributed by atoms with Gasteiger partial charge in [0.25, 0.3) is 0 Å². The molecule has 0 unspecified atom stereocenters. The molecule has 0 aliphatic heterocycles. The third kappa shape index (κ3) is 3.87. The Morgan fingerprint density at radius 3 is 2.62 bits per heavy atom. The van der Waals surface area contributed by atoms with Gasteiger partial charge in [0.15, 0.2) is 0 Å². The predicted octanol–water partition coefficient (Wildman–Crippen LogP) is 2.35. The number of carbonyl (C=O) groups is 1. The van der Waals surface area contributed by atoms with E-state index < -0.39 is 5.97 Å². The molecule has 88 valence electrons. The summed E-state index contributed by atoms with van der Waals surface area (Å²) in [6.45, 7) is 2.97. The fourth-order valence-electron chi connectivity index (χ4n) is 1.28. The summed E-state index contributed by atoms with van der Waals surface area (Å²) in [4.78, 5) is 14.0. The largest absolute Gasteiger partial charge is 0.478 e. The van der Waals surface area contributed by atoms with Gasteiger partial charge in [0.05, 0.1) is 5.56 Å². The summed E-state index contributed by atoms with van der Waals surface area (Å²) in [5, 5.41) is 8.84. The number of hydrogen-bond donors (Lipinski definition) is 1. The smallest absolute Gasteiger partial charge is 0.335 e. The normalized spacial score (nSPS) is 10.8. The summed E-state index contributed by atoms with van der Waals surface area (Å²) in [5.41, 5.74) is 1.39. The van der Waals surface area contributed by atoms with E-state index in [0.29, 0.717) is 5.56 Å². The van der Waals surface area contributed by atoms with Crippen molar-refractivity contribution in [2.75, 3.05) is 26.4 Å². The van der Waals surface area contributed by atoms with E-state index in [1.807, 2.05) is 27.1 Å². The number of carboxylic acid groups (broad SMARTS) is 1. The first kappa shape index (κ1) is 13.1. The lowest BCUT2D eigenvalue weighted by Crippen LogP contribution is -2.14. The average Bonchev–Trinajstić information content (AvgIpc) is 2.19. The molecule has 0 atom stereocenters. The Hall–Kier alpha value is -1.000. The van der Waals surface area contributed by atoms with Crippen LogP contribution in [0.25, 0.3) is 0 Å². The highest BCUT2D eigenvalue weighted by Gasteiger charge is 2.05. The van der Waals surface area contributed by atoms with Gasteiger partial charge in [-0.25, -0.2) is 4.79 Å². The summed E-state index contributed by atoms with van der Waals surface area (Å²) in [5.74, 6) is 0.146. The van der Waals surface area contributed by atoms with Crippen molar-refractivity contribution in [3.63, 3.8) is 0 Å². The van der Waals surface area contributed by atoms with Gasteiger partial charge in [0.2, 0.25) is 0 Å². The van der Waals surface area contributed by atoms with E-state index in [4.69, 9.17) is 5.11 Å². The van der Waals surface area contributed by atoms with Crippen LogP contribution in [0.4, 0.5) is 0 Å². The van der Waals surface area contributed by atoms with Crippen molar-refractivity contribution in [1.82, 2.24) is 4.90 Å². The third-order valence-corrected chi connectivity index (χ3v) is 3.37. The molecule has 16 heavy (non-hydrogen) atoms. The van der Waals surface area contributed by atoms with Crippen molar-refractivity contribution in [2.45, 2.75) is 11.8 Å². The van der Waals surface area contributed by atoms with Crippen molar-refractivity contribution in [2.24, 2.45) is 0 Å². The Morgan fingerprint density at radius 1 is 1.44 bits per heavy atom. The predicted molar refractivity (Wildman–Crippen MR) is 67.4 cm³/mol. The molecule has 0 bridgehead atoms. The van der Waals surface area contributed by atoms with Gasteiger partial charge in [-0.1, -0.05) is 0 Å². The molecule has 4 heteroatoms. The lowest BCUT2D eigenvalue weighted by molar-refractivity contribution is 0.0696. The zero-order valence-electron chi connectivity index (χ0n) is 9.86. The molecule has 0 spiro atoms. The lowest BCUT2D eigenvalue weighted by Gasteiger charge is -2.10. The molecule has 0 aliphatic rings. The summed E-state index contributed by atoms with van der Waals surface area (Å²) < 4.78 is 0. The Labute approximate surface area is 100 Å². The van der Waals surface area contributed by atoms with Crippen molar-refractivity contribution >= 4 is 17.7 Å². The van der Waals surface area contributed by atoms with Crippen LogP contribution in [0.15, 0.2) is 23.1 Å². The van der Waals surface area contributed by atoms with Gasteiger partial charge in [-0.15, -0.1) is 11.8 Å². The first-order valence-electron chi connectivity index (χ1n) is 5.12. The van der Waals surface area contributed by atoms with Crippen molar-refractivity contribution in [1.29, 1.82) is 0 Å². The average molecular weight is 239 g/mol. The van der Waals surface area contributed by atoms with Crippen LogP contribution in [0, 0.1) is 6.92 Å². The maximum atomic E-state index is 10.8. The number of aromatic carboxylic acids is 1. The molecule has 1 rings (SSSR count). The molecular formula is C12H17NO2S. The standard InChI is InChI=1S/C12H17NO2S/c1-9-8-10(12(14)15)4-5-11(9)16-7-6-13(2)3/h4-5,8H,6-7H2,1-3H3,(H,14,15). The number of thioether (sulfide) groups is 1. The molecule has 0 aromatic heterocycles. The van der Waals surface area contributed by atoms with E-state index in [1.165, 1.54) is 0 Å². The molecular weight excluding hydrogens is 222 g/mol. The van der Waals surface area contributed by atoms with Crippen LogP contribution in [-0.2, 0) is 0 Å². The number of rotatable bonds is 5. The summed E-state index contributed by atoms with van der Waals surface area (Å²) in [6.07, 6.45) is 0. The maximum absolute atomic E-state index is 10.8. The third-order valence-electron chi connectivity index (χ3n) is 2.22. The minimum Gasteiger partial charge on any atom is -0.478 e. The zero-order chi connectivity index (χ0) is 12.1. The summed E-state index contributed by atoms with van der Waals surface area (Å²) >= 11 is 1.76. The molecule has 0 amide bonds. The van der Waals surface area contributed by atoms with Crippen LogP contribution in [0.5, 0.6) is 0 Å². The van der Waals surface area contributed by atoms with Crippen LogP contribution in [0.1, 0.15) is 15.9 Å².